The first-order chi connectivity index (χ1) is 7.13. The first kappa shape index (κ1) is 11.2. The Bertz CT molecular complexity index is 368. The lowest BCUT2D eigenvalue weighted by Gasteiger charge is -2.01. The minimum absolute atomic E-state index is 0.331. The summed E-state index contributed by atoms with van der Waals surface area (Å²) in [5, 5.41) is 0. The SMILES string of the molecule is COc1ccc(/C(F)=C/OC(C)=O)cc1. The van der Waals surface area contributed by atoms with Crippen LogP contribution in [0.25, 0.3) is 5.83 Å². The van der Waals surface area contributed by atoms with Crippen molar-refractivity contribution in [3.05, 3.63) is 36.1 Å². The molecule has 1 aromatic rings. The molecule has 0 aliphatic rings. The topological polar surface area (TPSA) is 35.5 Å². The van der Waals surface area contributed by atoms with Crippen molar-refractivity contribution in [1.82, 2.24) is 0 Å². The quantitative estimate of drug-likeness (QED) is 0.568. The molecule has 3 nitrogen and oxygen atoms in total. The Labute approximate surface area is 87.1 Å². The smallest absolute Gasteiger partial charge is 0.307 e. The predicted octanol–water partition coefficient (Wildman–Crippen LogP) is 2.53. The van der Waals surface area contributed by atoms with Gasteiger partial charge in [-0.2, -0.15) is 0 Å². The molecule has 0 heterocycles. The zero-order valence-corrected chi connectivity index (χ0v) is 8.49. The van der Waals surface area contributed by atoms with E-state index in [1.54, 1.807) is 12.1 Å². The second-order valence-electron chi connectivity index (χ2n) is 2.80. The summed E-state index contributed by atoms with van der Waals surface area (Å²) in [6.45, 7) is 1.21. The van der Waals surface area contributed by atoms with Crippen LogP contribution < -0.4 is 4.74 Å². The number of rotatable bonds is 3. The molecule has 80 valence electrons. The van der Waals surface area contributed by atoms with Crippen molar-refractivity contribution in [1.29, 1.82) is 0 Å². The zero-order chi connectivity index (χ0) is 11.3. The van der Waals surface area contributed by atoms with E-state index in [-0.39, 0.29) is 0 Å². The number of carbonyl (C=O) groups excluding carboxylic acids is 1. The highest BCUT2D eigenvalue weighted by Gasteiger charge is 2.01. The average molecular weight is 210 g/mol. The van der Waals surface area contributed by atoms with Gasteiger partial charge in [0.05, 0.1) is 7.11 Å². The van der Waals surface area contributed by atoms with Gasteiger partial charge in [0.15, 0.2) is 5.83 Å². The molecule has 0 amide bonds. The van der Waals surface area contributed by atoms with Crippen LogP contribution >= 0.6 is 0 Å². The highest BCUT2D eigenvalue weighted by molar-refractivity contribution is 5.68. The van der Waals surface area contributed by atoms with E-state index in [4.69, 9.17) is 4.74 Å². The summed E-state index contributed by atoms with van der Waals surface area (Å²) in [6, 6.07) is 6.31. The van der Waals surface area contributed by atoms with Crippen LogP contribution in [0.4, 0.5) is 4.39 Å². The summed E-state index contributed by atoms with van der Waals surface area (Å²) in [5.41, 5.74) is 0.331. The van der Waals surface area contributed by atoms with E-state index in [9.17, 15) is 9.18 Å². The fourth-order valence-electron chi connectivity index (χ4n) is 0.953. The lowest BCUT2D eigenvalue weighted by atomic mass is 10.2. The lowest BCUT2D eigenvalue weighted by molar-refractivity contribution is -0.135. The van der Waals surface area contributed by atoms with Crippen LogP contribution in [0.15, 0.2) is 30.5 Å². The van der Waals surface area contributed by atoms with Gasteiger partial charge in [0, 0.05) is 12.5 Å². The fourth-order valence-corrected chi connectivity index (χ4v) is 0.953. The number of halogens is 1. The molecular formula is C11H11FO3. The monoisotopic (exact) mass is 210 g/mol. The first-order valence-corrected chi connectivity index (χ1v) is 4.31. The lowest BCUT2D eigenvalue weighted by Crippen LogP contribution is -1.91. The molecule has 1 aromatic carbocycles. The number of ether oxygens (including phenoxy) is 2. The minimum Gasteiger partial charge on any atom is -0.497 e. The maximum atomic E-state index is 13.3. The van der Waals surface area contributed by atoms with Crippen molar-refractivity contribution >= 4 is 11.8 Å². The van der Waals surface area contributed by atoms with Crippen LogP contribution in [0.2, 0.25) is 0 Å². The van der Waals surface area contributed by atoms with Gasteiger partial charge >= 0.3 is 5.97 Å². The summed E-state index contributed by atoms with van der Waals surface area (Å²) in [5.74, 6) is -0.523. The Kier molecular flexibility index (Phi) is 3.85. The van der Waals surface area contributed by atoms with Crippen LogP contribution in [0.5, 0.6) is 5.75 Å². The Hall–Kier alpha value is -1.84. The number of carbonyl (C=O) groups is 1. The van der Waals surface area contributed by atoms with E-state index >= 15 is 0 Å². The van der Waals surface area contributed by atoms with E-state index in [1.165, 1.54) is 26.2 Å². The molecule has 15 heavy (non-hydrogen) atoms. The number of benzene rings is 1. The van der Waals surface area contributed by atoms with Gasteiger partial charge in [0.1, 0.15) is 12.0 Å². The van der Waals surface area contributed by atoms with Crippen LogP contribution in [-0.2, 0) is 9.53 Å². The number of methoxy groups -OCH3 is 1. The van der Waals surface area contributed by atoms with E-state index < -0.39 is 11.8 Å². The largest absolute Gasteiger partial charge is 0.497 e. The first-order valence-electron chi connectivity index (χ1n) is 4.31. The summed E-state index contributed by atoms with van der Waals surface area (Å²) >= 11 is 0. The summed E-state index contributed by atoms with van der Waals surface area (Å²) in [7, 11) is 1.53. The van der Waals surface area contributed by atoms with Gasteiger partial charge in [-0.05, 0) is 24.3 Å². The molecule has 0 bridgehead atoms. The van der Waals surface area contributed by atoms with Gasteiger partial charge < -0.3 is 9.47 Å². The molecule has 0 aromatic heterocycles. The highest BCUT2D eigenvalue weighted by Crippen LogP contribution is 2.19. The van der Waals surface area contributed by atoms with Gasteiger partial charge in [-0.1, -0.05) is 0 Å². The van der Waals surface area contributed by atoms with Crippen molar-refractivity contribution in [2.24, 2.45) is 0 Å². The molecular weight excluding hydrogens is 199 g/mol. The molecule has 1 rings (SSSR count). The van der Waals surface area contributed by atoms with E-state index in [0.717, 1.165) is 6.26 Å². The Balaban J connectivity index is 2.77. The molecule has 0 N–H and O–H groups in total. The number of hydrogen-bond acceptors (Lipinski definition) is 3. The molecule has 0 atom stereocenters. The van der Waals surface area contributed by atoms with Crippen molar-refractivity contribution < 1.29 is 18.7 Å². The van der Waals surface area contributed by atoms with Crippen LogP contribution in [0.1, 0.15) is 12.5 Å². The molecule has 0 unspecified atom stereocenters. The molecule has 0 saturated carbocycles. The van der Waals surface area contributed by atoms with Crippen molar-refractivity contribution in [2.45, 2.75) is 6.92 Å². The second-order valence-corrected chi connectivity index (χ2v) is 2.80. The average Bonchev–Trinajstić information content (AvgIpc) is 2.26. The van der Waals surface area contributed by atoms with Gasteiger partial charge in [-0.15, -0.1) is 0 Å². The Morgan fingerprint density at radius 3 is 2.40 bits per heavy atom. The molecule has 0 aliphatic carbocycles. The third-order valence-corrected chi connectivity index (χ3v) is 1.69. The molecule has 0 fully saturated rings. The van der Waals surface area contributed by atoms with Crippen LogP contribution in [0, 0.1) is 0 Å². The fraction of sp³-hybridized carbons (Fsp3) is 0.182. The molecule has 0 radical (unpaired) electrons. The van der Waals surface area contributed by atoms with E-state index in [1.807, 2.05) is 0 Å². The number of esters is 1. The van der Waals surface area contributed by atoms with Crippen LogP contribution in [0.3, 0.4) is 0 Å². The zero-order valence-electron chi connectivity index (χ0n) is 8.49. The molecule has 4 heteroatoms. The standard InChI is InChI=1S/C11H11FO3/c1-8(13)15-7-11(12)9-3-5-10(14-2)6-4-9/h3-7H,1-2H3/b11-7-. The number of hydrogen-bond donors (Lipinski definition) is 0. The third kappa shape index (κ3) is 3.42. The van der Waals surface area contributed by atoms with Crippen LogP contribution in [-0.4, -0.2) is 13.1 Å². The van der Waals surface area contributed by atoms with E-state index in [2.05, 4.69) is 4.74 Å². The van der Waals surface area contributed by atoms with Gasteiger partial charge in [-0.25, -0.2) is 4.39 Å². The summed E-state index contributed by atoms with van der Waals surface area (Å²) in [6.07, 6.45) is 0.782. The van der Waals surface area contributed by atoms with Crippen molar-refractivity contribution in [3.8, 4) is 5.75 Å². The Morgan fingerprint density at radius 2 is 1.93 bits per heavy atom. The van der Waals surface area contributed by atoms with E-state index in [0.29, 0.717) is 11.3 Å². The highest BCUT2D eigenvalue weighted by atomic mass is 19.1. The maximum absolute atomic E-state index is 13.3. The minimum atomic E-state index is -0.604. The summed E-state index contributed by atoms with van der Waals surface area (Å²) < 4.78 is 22.6. The Morgan fingerprint density at radius 1 is 1.33 bits per heavy atom. The molecule has 0 spiro atoms. The van der Waals surface area contributed by atoms with Gasteiger partial charge in [0.2, 0.25) is 0 Å². The van der Waals surface area contributed by atoms with Gasteiger partial charge in [-0.3, -0.25) is 4.79 Å². The molecule has 0 saturated heterocycles. The predicted molar refractivity (Wildman–Crippen MR) is 53.8 cm³/mol. The maximum Gasteiger partial charge on any atom is 0.307 e. The van der Waals surface area contributed by atoms with Crippen molar-refractivity contribution in [3.63, 3.8) is 0 Å². The molecule has 0 aliphatic heterocycles. The third-order valence-electron chi connectivity index (χ3n) is 1.69. The summed E-state index contributed by atoms with van der Waals surface area (Å²) in [4.78, 5) is 10.4. The normalized spacial score (nSPS) is 11.0. The second kappa shape index (κ2) is 5.14. The van der Waals surface area contributed by atoms with Gasteiger partial charge in [0.25, 0.3) is 0 Å². The van der Waals surface area contributed by atoms with Crippen molar-refractivity contribution in [2.75, 3.05) is 7.11 Å².